The van der Waals surface area contributed by atoms with Gasteiger partial charge in [0.05, 0.1) is 10.6 Å². The number of aromatic nitrogens is 1. The van der Waals surface area contributed by atoms with Gasteiger partial charge in [-0.05, 0) is 18.1 Å². The van der Waals surface area contributed by atoms with E-state index in [1.165, 1.54) is 0 Å². The molecule has 0 fully saturated rings. The molecule has 0 aliphatic rings. The van der Waals surface area contributed by atoms with E-state index in [4.69, 9.17) is 0 Å². The van der Waals surface area contributed by atoms with Gasteiger partial charge in [0, 0.05) is 29.0 Å². The molecule has 0 spiro atoms. The number of aromatic amines is 1. The molecule has 1 aromatic heterocycles. The summed E-state index contributed by atoms with van der Waals surface area (Å²) in [4.78, 5) is 14.3. The van der Waals surface area contributed by atoms with Crippen molar-refractivity contribution >= 4 is 17.0 Å². The van der Waals surface area contributed by atoms with E-state index >= 15 is 0 Å². The molecule has 1 N–H and O–H groups in total. The number of benzene rings is 2. The summed E-state index contributed by atoms with van der Waals surface area (Å²) in [6, 6.07) is 17.9. The molecule has 0 aliphatic carbocycles. The molecule has 116 valence electrons. The molecule has 0 radical (unpaired) electrons. The normalized spacial score (nSPS) is 11.8. The van der Waals surface area contributed by atoms with Gasteiger partial charge in [0.1, 0.15) is 0 Å². The predicted molar refractivity (Wildman–Crippen MR) is 93.6 cm³/mol. The van der Waals surface area contributed by atoms with E-state index in [1.54, 1.807) is 6.08 Å². The van der Waals surface area contributed by atoms with E-state index in [1.807, 2.05) is 61.5 Å². The number of rotatable bonds is 5. The number of H-pyrrole nitrogens is 1. The van der Waals surface area contributed by atoms with Crippen LogP contribution in [-0.4, -0.2) is 9.91 Å². The number of nitrogens with one attached hydrogen (secondary N) is 1. The lowest BCUT2D eigenvalue weighted by Gasteiger charge is -2.02. The molecule has 2 aromatic carbocycles. The van der Waals surface area contributed by atoms with E-state index < -0.39 is 0 Å². The summed E-state index contributed by atoms with van der Waals surface area (Å²) >= 11 is 0. The Labute approximate surface area is 134 Å². The number of fused-ring (bicyclic) bond motifs is 1. The zero-order chi connectivity index (χ0) is 16.2. The molecule has 0 saturated carbocycles. The summed E-state index contributed by atoms with van der Waals surface area (Å²) < 4.78 is 0. The highest BCUT2D eigenvalue weighted by Gasteiger charge is 2.16. The van der Waals surface area contributed by atoms with Crippen molar-refractivity contribution in [3.05, 3.63) is 76.1 Å². The first-order valence-electron chi connectivity index (χ1n) is 7.71. The molecule has 0 bridgehead atoms. The predicted octanol–water partition coefficient (Wildman–Crippen LogP) is 5.25. The van der Waals surface area contributed by atoms with E-state index in [-0.39, 0.29) is 10.6 Å². The summed E-state index contributed by atoms with van der Waals surface area (Å²) in [5.41, 5.74) is 4.07. The van der Waals surface area contributed by atoms with Crippen molar-refractivity contribution in [2.24, 2.45) is 0 Å². The lowest BCUT2D eigenvalue weighted by Crippen LogP contribution is -1.98. The standard InChI is InChI=1S/C19H18N2O2/c1-2-8-15(21(22)23)13-18-19(14-9-4-3-5-10-14)16-11-6-7-12-17(16)20-18/h3-7,9-13,20H,2,8H2,1H3/b15-13+. The molecule has 23 heavy (non-hydrogen) atoms. The lowest BCUT2D eigenvalue weighted by molar-refractivity contribution is -0.426. The fourth-order valence-electron chi connectivity index (χ4n) is 2.83. The first kappa shape index (κ1) is 15.0. The average molecular weight is 306 g/mol. The monoisotopic (exact) mass is 306 g/mol. The minimum Gasteiger partial charge on any atom is -0.354 e. The van der Waals surface area contributed by atoms with Crippen molar-refractivity contribution < 1.29 is 4.92 Å². The molecule has 1 heterocycles. The third-order valence-electron chi connectivity index (χ3n) is 3.85. The highest BCUT2D eigenvalue weighted by molar-refractivity contribution is 6.00. The van der Waals surface area contributed by atoms with Crippen molar-refractivity contribution in [1.29, 1.82) is 0 Å². The molecule has 3 rings (SSSR count). The Morgan fingerprint density at radius 2 is 1.83 bits per heavy atom. The minimum absolute atomic E-state index is 0.233. The largest absolute Gasteiger partial charge is 0.354 e. The third-order valence-corrected chi connectivity index (χ3v) is 3.85. The van der Waals surface area contributed by atoms with Crippen LogP contribution < -0.4 is 0 Å². The zero-order valence-electron chi connectivity index (χ0n) is 13.0. The van der Waals surface area contributed by atoms with Crippen molar-refractivity contribution in [3.63, 3.8) is 0 Å². The summed E-state index contributed by atoms with van der Waals surface area (Å²) in [5.74, 6) is 0. The highest BCUT2D eigenvalue weighted by Crippen LogP contribution is 2.33. The van der Waals surface area contributed by atoms with Gasteiger partial charge < -0.3 is 4.98 Å². The molecule has 0 atom stereocenters. The van der Waals surface area contributed by atoms with Crippen LogP contribution in [-0.2, 0) is 0 Å². The number of nitrogens with zero attached hydrogens (tertiary/aromatic N) is 1. The maximum atomic E-state index is 11.3. The SMILES string of the molecule is CCC/C(=C\c1[nH]c2ccccc2c1-c1ccccc1)[N+](=O)[O-]. The van der Waals surface area contributed by atoms with Crippen LogP contribution in [0.15, 0.2) is 60.3 Å². The topological polar surface area (TPSA) is 58.9 Å². The lowest BCUT2D eigenvalue weighted by atomic mass is 10.0. The van der Waals surface area contributed by atoms with Crippen LogP contribution >= 0.6 is 0 Å². The second-order valence-corrected chi connectivity index (χ2v) is 5.47. The second kappa shape index (κ2) is 6.48. The smallest absolute Gasteiger partial charge is 0.248 e. The van der Waals surface area contributed by atoms with Crippen LogP contribution in [0.1, 0.15) is 25.5 Å². The Morgan fingerprint density at radius 1 is 1.13 bits per heavy atom. The third kappa shape index (κ3) is 3.01. The van der Waals surface area contributed by atoms with Gasteiger partial charge in [-0.1, -0.05) is 55.5 Å². The van der Waals surface area contributed by atoms with Gasteiger partial charge in [-0.25, -0.2) is 0 Å². The van der Waals surface area contributed by atoms with E-state index in [2.05, 4.69) is 4.98 Å². The summed E-state index contributed by atoms with van der Waals surface area (Å²) in [5, 5.41) is 12.4. The summed E-state index contributed by atoms with van der Waals surface area (Å²) in [6.07, 6.45) is 2.87. The van der Waals surface area contributed by atoms with Gasteiger partial charge in [0.25, 0.3) is 0 Å². The van der Waals surface area contributed by atoms with Crippen LogP contribution in [0.5, 0.6) is 0 Å². The first-order valence-corrected chi connectivity index (χ1v) is 7.71. The Kier molecular flexibility index (Phi) is 4.24. The summed E-state index contributed by atoms with van der Waals surface area (Å²) in [7, 11) is 0. The molecule has 0 aliphatic heterocycles. The van der Waals surface area contributed by atoms with Gasteiger partial charge in [-0.3, -0.25) is 10.1 Å². The molecule has 0 amide bonds. The Balaban J connectivity index is 2.24. The number of allylic oxidation sites excluding steroid dienone is 1. The fourth-order valence-corrected chi connectivity index (χ4v) is 2.83. The highest BCUT2D eigenvalue weighted by atomic mass is 16.6. The van der Waals surface area contributed by atoms with Crippen molar-refractivity contribution in [1.82, 2.24) is 4.98 Å². The van der Waals surface area contributed by atoms with Gasteiger partial charge in [0.15, 0.2) is 0 Å². The maximum absolute atomic E-state index is 11.3. The van der Waals surface area contributed by atoms with Gasteiger partial charge in [0.2, 0.25) is 5.70 Å². The Bertz CT molecular complexity index is 863. The zero-order valence-corrected chi connectivity index (χ0v) is 13.0. The van der Waals surface area contributed by atoms with Gasteiger partial charge >= 0.3 is 0 Å². The molecule has 4 nitrogen and oxygen atoms in total. The van der Waals surface area contributed by atoms with Gasteiger partial charge in [-0.2, -0.15) is 0 Å². The second-order valence-electron chi connectivity index (χ2n) is 5.47. The number of hydrogen-bond donors (Lipinski definition) is 1. The quantitative estimate of drug-likeness (QED) is 0.517. The molecule has 4 heteroatoms. The molecule has 0 unspecified atom stereocenters. The minimum atomic E-state index is -0.288. The Hall–Kier alpha value is -2.88. The average Bonchev–Trinajstić information content (AvgIpc) is 2.93. The van der Waals surface area contributed by atoms with E-state index in [0.717, 1.165) is 34.1 Å². The molecular weight excluding hydrogens is 288 g/mol. The molecule has 0 saturated heterocycles. The van der Waals surface area contributed by atoms with Gasteiger partial charge in [-0.15, -0.1) is 0 Å². The van der Waals surface area contributed by atoms with Crippen LogP contribution in [0.2, 0.25) is 0 Å². The number of para-hydroxylation sites is 1. The van der Waals surface area contributed by atoms with Crippen LogP contribution in [0.3, 0.4) is 0 Å². The van der Waals surface area contributed by atoms with Crippen LogP contribution in [0.25, 0.3) is 28.1 Å². The van der Waals surface area contributed by atoms with E-state index in [9.17, 15) is 10.1 Å². The van der Waals surface area contributed by atoms with Crippen LogP contribution in [0.4, 0.5) is 0 Å². The Morgan fingerprint density at radius 3 is 2.52 bits per heavy atom. The van der Waals surface area contributed by atoms with Crippen molar-refractivity contribution in [2.45, 2.75) is 19.8 Å². The summed E-state index contributed by atoms with van der Waals surface area (Å²) in [6.45, 7) is 1.95. The van der Waals surface area contributed by atoms with Crippen molar-refractivity contribution in [2.75, 3.05) is 0 Å². The number of hydrogen-bond acceptors (Lipinski definition) is 2. The fraction of sp³-hybridized carbons (Fsp3) is 0.158. The first-order chi connectivity index (χ1) is 11.2. The number of nitro groups is 1. The van der Waals surface area contributed by atoms with Crippen molar-refractivity contribution in [3.8, 4) is 11.1 Å². The molecule has 3 aromatic rings. The molecular formula is C19H18N2O2. The van der Waals surface area contributed by atoms with E-state index in [0.29, 0.717) is 6.42 Å². The van der Waals surface area contributed by atoms with Crippen LogP contribution in [0, 0.1) is 10.1 Å². The maximum Gasteiger partial charge on any atom is 0.248 e.